The van der Waals surface area contributed by atoms with Crippen molar-refractivity contribution in [3.63, 3.8) is 0 Å². The van der Waals surface area contributed by atoms with Gasteiger partial charge in [0.05, 0.1) is 16.6 Å². The summed E-state index contributed by atoms with van der Waals surface area (Å²) in [6.45, 7) is 0. The standard InChI is InChI=1S/C44H33N3/c1-3-14-32(15-4-1)45(33-16-13-17-34(27-26-33)46-42-23-10-7-20-39(42)40-21-8-11-24-43(40)46)35-28-30-36(31-29-35)47-41-22-6-2-5-18-37(41)38-19-9-12-25-44(38)47/h1-15,17-21,23-31H,16,22H2. The van der Waals surface area contributed by atoms with Crippen LogP contribution in [0.3, 0.4) is 0 Å². The number of fused-ring (bicyclic) bond motifs is 6. The number of aromatic nitrogens is 2. The number of hydrogen-bond acceptors (Lipinski definition) is 1. The highest BCUT2D eigenvalue weighted by Gasteiger charge is 2.19. The minimum absolute atomic E-state index is 0.808. The van der Waals surface area contributed by atoms with E-state index in [1.54, 1.807) is 0 Å². The first-order chi connectivity index (χ1) is 23.3. The molecule has 3 nitrogen and oxygen atoms in total. The lowest BCUT2D eigenvalue weighted by Crippen LogP contribution is -2.16. The van der Waals surface area contributed by atoms with Gasteiger partial charge < -0.3 is 14.0 Å². The maximum absolute atomic E-state index is 2.43. The van der Waals surface area contributed by atoms with Crippen LogP contribution in [0.4, 0.5) is 11.4 Å². The van der Waals surface area contributed by atoms with Crippen molar-refractivity contribution >= 4 is 55.9 Å². The van der Waals surface area contributed by atoms with Gasteiger partial charge in [-0.1, -0.05) is 103 Å². The third kappa shape index (κ3) is 4.59. The summed E-state index contributed by atoms with van der Waals surface area (Å²) in [5.74, 6) is 0. The summed E-state index contributed by atoms with van der Waals surface area (Å²) < 4.78 is 4.81. The number of hydrogen-bond donors (Lipinski definition) is 0. The average molecular weight is 604 g/mol. The van der Waals surface area contributed by atoms with Crippen LogP contribution >= 0.6 is 0 Å². The zero-order chi connectivity index (χ0) is 31.2. The zero-order valence-corrected chi connectivity index (χ0v) is 26.0. The van der Waals surface area contributed by atoms with Gasteiger partial charge in [0.15, 0.2) is 0 Å². The quantitative estimate of drug-likeness (QED) is 0.191. The van der Waals surface area contributed by atoms with Gasteiger partial charge in [0.1, 0.15) is 0 Å². The van der Waals surface area contributed by atoms with Gasteiger partial charge in [-0.3, -0.25) is 0 Å². The molecule has 47 heavy (non-hydrogen) atoms. The maximum Gasteiger partial charge on any atom is 0.0541 e. The third-order valence-electron chi connectivity index (χ3n) is 9.41. The fourth-order valence-corrected chi connectivity index (χ4v) is 7.34. The molecule has 0 fully saturated rings. The Morgan fingerprint density at radius 3 is 1.81 bits per heavy atom. The molecule has 3 heteroatoms. The monoisotopic (exact) mass is 603 g/mol. The molecule has 2 heterocycles. The van der Waals surface area contributed by atoms with E-state index in [0.717, 1.165) is 29.9 Å². The molecule has 0 bridgehead atoms. The molecule has 2 aliphatic carbocycles. The summed E-state index contributed by atoms with van der Waals surface area (Å²) >= 11 is 0. The molecule has 2 aromatic heterocycles. The SMILES string of the molecule is C1=CCc2c(c3ccccc3n2-c2ccc(N(C3=CC=C(n4c5ccccc5c5ccccc54)C=CC3)c3ccccc3)cc2)C=C1. The maximum atomic E-state index is 2.43. The largest absolute Gasteiger partial charge is 0.314 e. The number of para-hydroxylation sites is 4. The molecule has 5 aromatic carbocycles. The summed E-state index contributed by atoms with van der Waals surface area (Å²) in [6, 6.07) is 45.9. The molecule has 0 saturated heterocycles. The van der Waals surface area contributed by atoms with Crippen LogP contribution in [0.5, 0.6) is 0 Å². The minimum Gasteiger partial charge on any atom is -0.314 e. The molecular weight excluding hydrogens is 571 g/mol. The smallest absolute Gasteiger partial charge is 0.0541 e. The van der Waals surface area contributed by atoms with Gasteiger partial charge in [-0.2, -0.15) is 0 Å². The van der Waals surface area contributed by atoms with Crippen molar-refractivity contribution in [3.05, 3.63) is 187 Å². The average Bonchev–Trinajstić information content (AvgIpc) is 3.34. The second-order valence-corrected chi connectivity index (χ2v) is 12.1. The predicted octanol–water partition coefficient (Wildman–Crippen LogP) is 11.4. The molecule has 2 aliphatic rings. The molecule has 0 saturated carbocycles. The molecule has 0 N–H and O–H groups in total. The second-order valence-electron chi connectivity index (χ2n) is 12.1. The number of allylic oxidation sites excluding steroid dienone is 8. The van der Waals surface area contributed by atoms with E-state index in [2.05, 4.69) is 190 Å². The van der Waals surface area contributed by atoms with Crippen LogP contribution in [0.15, 0.2) is 176 Å². The van der Waals surface area contributed by atoms with Crippen LogP contribution in [0, 0.1) is 0 Å². The van der Waals surface area contributed by atoms with E-state index in [-0.39, 0.29) is 0 Å². The van der Waals surface area contributed by atoms with Crippen molar-refractivity contribution in [1.29, 1.82) is 0 Å². The predicted molar refractivity (Wildman–Crippen MR) is 199 cm³/mol. The first-order valence-electron chi connectivity index (χ1n) is 16.3. The lowest BCUT2D eigenvalue weighted by molar-refractivity contribution is 1.000. The van der Waals surface area contributed by atoms with Crippen LogP contribution in [-0.2, 0) is 6.42 Å². The Kier molecular flexibility index (Phi) is 6.60. The Labute approximate surface area is 274 Å². The Bertz CT molecular complexity index is 2390. The summed E-state index contributed by atoms with van der Waals surface area (Å²) in [6.07, 6.45) is 19.6. The highest BCUT2D eigenvalue weighted by Crippen LogP contribution is 2.37. The van der Waals surface area contributed by atoms with Crippen LogP contribution in [0.2, 0.25) is 0 Å². The Balaban J connectivity index is 1.15. The number of benzene rings is 5. The molecule has 0 unspecified atom stereocenters. The van der Waals surface area contributed by atoms with Crippen molar-refractivity contribution in [2.45, 2.75) is 12.8 Å². The zero-order valence-electron chi connectivity index (χ0n) is 26.0. The van der Waals surface area contributed by atoms with Crippen molar-refractivity contribution in [3.8, 4) is 5.69 Å². The highest BCUT2D eigenvalue weighted by molar-refractivity contribution is 6.10. The first kappa shape index (κ1) is 27.3. The lowest BCUT2D eigenvalue weighted by atomic mass is 10.1. The van der Waals surface area contributed by atoms with E-state index >= 15 is 0 Å². The Hall–Kier alpha value is -6.06. The van der Waals surface area contributed by atoms with Crippen molar-refractivity contribution in [2.24, 2.45) is 0 Å². The van der Waals surface area contributed by atoms with E-state index in [1.807, 2.05) is 0 Å². The molecule has 0 radical (unpaired) electrons. The van der Waals surface area contributed by atoms with Gasteiger partial charge in [-0.05, 0) is 72.8 Å². The Morgan fingerprint density at radius 1 is 0.468 bits per heavy atom. The molecule has 7 aromatic rings. The van der Waals surface area contributed by atoms with E-state index in [1.165, 1.54) is 55.4 Å². The van der Waals surface area contributed by atoms with Gasteiger partial charge in [0.25, 0.3) is 0 Å². The highest BCUT2D eigenvalue weighted by atomic mass is 15.1. The topological polar surface area (TPSA) is 13.1 Å². The second kappa shape index (κ2) is 11.4. The summed E-state index contributed by atoms with van der Waals surface area (Å²) in [7, 11) is 0. The fraction of sp³-hybridized carbons (Fsp3) is 0.0455. The fourth-order valence-electron chi connectivity index (χ4n) is 7.34. The van der Waals surface area contributed by atoms with Crippen molar-refractivity contribution < 1.29 is 0 Å². The number of nitrogens with zero attached hydrogens (tertiary/aromatic N) is 3. The lowest BCUT2D eigenvalue weighted by Gasteiger charge is -2.27. The van der Waals surface area contributed by atoms with E-state index in [0.29, 0.717) is 0 Å². The molecule has 9 rings (SSSR count). The van der Waals surface area contributed by atoms with E-state index in [4.69, 9.17) is 0 Å². The van der Waals surface area contributed by atoms with Crippen LogP contribution < -0.4 is 4.90 Å². The van der Waals surface area contributed by atoms with Gasteiger partial charge in [0.2, 0.25) is 0 Å². The van der Waals surface area contributed by atoms with E-state index in [9.17, 15) is 0 Å². The molecular formula is C44H33N3. The molecule has 0 spiro atoms. The van der Waals surface area contributed by atoms with Crippen molar-refractivity contribution in [1.82, 2.24) is 9.13 Å². The Morgan fingerprint density at radius 2 is 1.09 bits per heavy atom. The van der Waals surface area contributed by atoms with Crippen molar-refractivity contribution in [2.75, 3.05) is 4.90 Å². The summed E-state index contributed by atoms with van der Waals surface area (Å²) in [4.78, 5) is 2.39. The third-order valence-corrected chi connectivity index (χ3v) is 9.41. The molecule has 0 amide bonds. The van der Waals surface area contributed by atoms with Crippen LogP contribution in [-0.4, -0.2) is 9.13 Å². The summed E-state index contributed by atoms with van der Waals surface area (Å²) in [5, 5.41) is 3.84. The minimum atomic E-state index is 0.808. The van der Waals surface area contributed by atoms with Gasteiger partial charge in [0, 0.05) is 68.7 Å². The van der Waals surface area contributed by atoms with Crippen LogP contribution in [0.1, 0.15) is 17.7 Å². The molecule has 0 aliphatic heterocycles. The first-order valence-corrected chi connectivity index (χ1v) is 16.3. The van der Waals surface area contributed by atoms with Gasteiger partial charge in [-0.15, -0.1) is 0 Å². The normalized spacial score (nSPS) is 14.2. The van der Waals surface area contributed by atoms with Crippen LogP contribution in [0.25, 0.3) is 50.2 Å². The van der Waals surface area contributed by atoms with Gasteiger partial charge >= 0.3 is 0 Å². The van der Waals surface area contributed by atoms with Gasteiger partial charge in [-0.25, -0.2) is 0 Å². The molecule has 0 atom stereocenters. The number of anilines is 2. The number of rotatable bonds is 5. The summed E-state index contributed by atoms with van der Waals surface area (Å²) in [5.41, 5.74) is 12.1. The molecule has 224 valence electrons. The van der Waals surface area contributed by atoms with E-state index < -0.39 is 0 Å².